The Labute approximate surface area is 143 Å². The van der Waals surface area contributed by atoms with Gasteiger partial charge in [0.1, 0.15) is 4.90 Å². The van der Waals surface area contributed by atoms with Crippen molar-refractivity contribution >= 4 is 10.0 Å². The molecule has 2 N–H and O–H groups in total. The molecule has 0 saturated heterocycles. The second kappa shape index (κ2) is 8.93. The Morgan fingerprint density at radius 3 is 2.67 bits per heavy atom. The van der Waals surface area contributed by atoms with Crippen molar-refractivity contribution in [3.63, 3.8) is 0 Å². The van der Waals surface area contributed by atoms with Crippen molar-refractivity contribution in [2.75, 3.05) is 33.4 Å². The predicted octanol–water partition coefficient (Wildman–Crippen LogP) is 0.722. The Morgan fingerprint density at radius 1 is 1.25 bits per heavy atom. The summed E-state index contributed by atoms with van der Waals surface area (Å²) < 4.78 is 33.6. The van der Waals surface area contributed by atoms with Gasteiger partial charge in [-0.05, 0) is 12.0 Å². The lowest BCUT2D eigenvalue weighted by Crippen LogP contribution is -2.36. The smallest absolute Gasteiger partial charge is 0.246 e. The molecule has 0 atom stereocenters. The maximum atomic E-state index is 12.8. The van der Waals surface area contributed by atoms with Gasteiger partial charge in [0.2, 0.25) is 10.0 Å². The van der Waals surface area contributed by atoms with Crippen molar-refractivity contribution in [2.45, 2.75) is 17.9 Å². The molecule has 1 aromatic heterocycles. The zero-order valence-electron chi connectivity index (χ0n) is 13.8. The number of ether oxygens (including phenoxy) is 1. The van der Waals surface area contributed by atoms with E-state index in [9.17, 15) is 8.42 Å². The summed E-state index contributed by atoms with van der Waals surface area (Å²) in [5.74, 6) is 0. The molecule has 7 nitrogen and oxygen atoms in total. The van der Waals surface area contributed by atoms with E-state index in [1.807, 2.05) is 30.3 Å². The standard InChI is InChI=1S/C16H24N4O3S/c1-23-12-11-19-14-16(13-18-19)24(21,22)20(10-8-17)9-7-15-5-3-2-4-6-15/h2-6,13-14H,7-12,17H2,1H3. The lowest BCUT2D eigenvalue weighted by Gasteiger charge is -2.20. The zero-order chi connectivity index (χ0) is 17.4. The first kappa shape index (κ1) is 18.6. The van der Waals surface area contributed by atoms with E-state index in [1.165, 1.54) is 16.7 Å². The number of nitrogens with zero attached hydrogens (tertiary/aromatic N) is 3. The van der Waals surface area contributed by atoms with Gasteiger partial charge in [0.05, 0.1) is 19.3 Å². The van der Waals surface area contributed by atoms with E-state index in [0.29, 0.717) is 26.1 Å². The molecule has 2 aromatic rings. The molecule has 0 bridgehead atoms. The number of benzene rings is 1. The summed E-state index contributed by atoms with van der Waals surface area (Å²) >= 11 is 0. The van der Waals surface area contributed by atoms with E-state index in [1.54, 1.807) is 11.8 Å². The number of methoxy groups -OCH3 is 1. The number of rotatable bonds is 10. The highest BCUT2D eigenvalue weighted by molar-refractivity contribution is 7.89. The molecule has 132 valence electrons. The molecule has 0 aliphatic carbocycles. The van der Waals surface area contributed by atoms with Crippen molar-refractivity contribution < 1.29 is 13.2 Å². The summed E-state index contributed by atoms with van der Waals surface area (Å²) in [5.41, 5.74) is 6.69. The SMILES string of the molecule is COCCn1cc(S(=O)(=O)N(CCN)CCc2ccccc2)cn1. The van der Waals surface area contributed by atoms with Crippen molar-refractivity contribution in [1.82, 2.24) is 14.1 Å². The fraction of sp³-hybridized carbons (Fsp3) is 0.438. The highest BCUT2D eigenvalue weighted by atomic mass is 32.2. The molecule has 0 unspecified atom stereocenters. The fourth-order valence-electron chi connectivity index (χ4n) is 2.33. The molecular formula is C16H24N4O3S. The van der Waals surface area contributed by atoms with Gasteiger partial charge in [-0.15, -0.1) is 0 Å². The van der Waals surface area contributed by atoms with E-state index in [0.717, 1.165) is 5.56 Å². The molecule has 0 saturated carbocycles. The highest BCUT2D eigenvalue weighted by Gasteiger charge is 2.25. The van der Waals surface area contributed by atoms with Crippen LogP contribution in [0.15, 0.2) is 47.6 Å². The molecular weight excluding hydrogens is 328 g/mol. The van der Waals surface area contributed by atoms with E-state index in [2.05, 4.69) is 5.10 Å². The molecule has 0 spiro atoms. The van der Waals surface area contributed by atoms with Crippen molar-refractivity contribution in [3.8, 4) is 0 Å². The third-order valence-corrected chi connectivity index (χ3v) is 5.49. The van der Waals surface area contributed by atoms with Crippen molar-refractivity contribution in [2.24, 2.45) is 5.73 Å². The van der Waals surface area contributed by atoms with E-state index in [4.69, 9.17) is 10.5 Å². The van der Waals surface area contributed by atoms with Gasteiger partial charge in [-0.25, -0.2) is 8.42 Å². The quantitative estimate of drug-likeness (QED) is 0.680. The van der Waals surface area contributed by atoms with Gasteiger partial charge >= 0.3 is 0 Å². The number of hydrogen-bond acceptors (Lipinski definition) is 5. The largest absolute Gasteiger partial charge is 0.383 e. The molecule has 0 aliphatic rings. The summed E-state index contributed by atoms with van der Waals surface area (Å²) in [6, 6.07) is 9.78. The van der Waals surface area contributed by atoms with E-state index < -0.39 is 10.0 Å². The molecule has 2 rings (SSSR count). The minimum Gasteiger partial charge on any atom is -0.383 e. The lowest BCUT2D eigenvalue weighted by molar-refractivity contribution is 0.183. The van der Waals surface area contributed by atoms with Crippen LogP contribution in [0.1, 0.15) is 5.56 Å². The fourth-order valence-corrected chi connectivity index (χ4v) is 3.74. The van der Waals surface area contributed by atoms with Crippen LogP contribution < -0.4 is 5.73 Å². The molecule has 1 heterocycles. The van der Waals surface area contributed by atoms with Gasteiger partial charge in [-0.2, -0.15) is 9.40 Å². The predicted molar refractivity (Wildman–Crippen MR) is 92.1 cm³/mol. The molecule has 0 aliphatic heterocycles. The Bertz CT molecular complexity index is 716. The summed E-state index contributed by atoms with van der Waals surface area (Å²) in [5, 5.41) is 4.08. The van der Waals surface area contributed by atoms with Crippen LogP contribution in [0, 0.1) is 0 Å². The van der Waals surface area contributed by atoms with Crippen LogP contribution >= 0.6 is 0 Å². The molecule has 0 amide bonds. The topological polar surface area (TPSA) is 90.5 Å². The van der Waals surface area contributed by atoms with Gasteiger partial charge in [0.15, 0.2) is 0 Å². The normalized spacial score (nSPS) is 12.0. The first-order chi connectivity index (χ1) is 11.6. The second-order valence-corrected chi connectivity index (χ2v) is 7.30. The van der Waals surface area contributed by atoms with E-state index in [-0.39, 0.29) is 18.0 Å². The van der Waals surface area contributed by atoms with Gasteiger partial charge in [0.25, 0.3) is 0 Å². The summed E-state index contributed by atoms with van der Waals surface area (Å²) in [4.78, 5) is 0.181. The minimum absolute atomic E-state index is 0.181. The number of hydrogen-bond donors (Lipinski definition) is 1. The summed E-state index contributed by atoms with van der Waals surface area (Å²) in [6.45, 7) is 1.91. The monoisotopic (exact) mass is 352 g/mol. The lowest BCUT2D eigenvalue weighted by atomic mass is 10.1. The van der Waals surface area contributed by atoms with Crippen molar-refractivity contribution in [3.05, 3.63) is 48.3 Å². The van der Waals surface area contributed by atoms with Crippen LogP contribution in [0.4, 0.5) is 0 Å². The van der Waals surface area contributed by atoms with Crippen LogP contribution in [-0.2, 0) is 27.7 Å². The molecule has 0 fully saturated rings. The number of sulfonamides is 1. The van der Waals surface area contributed by atoms with Crippen LogP contribution in [0.5, 0.6) is 0 Å². The Balaban J connectivity index is 2.11. The Kier molecular flexibility index (Phi) is 6.92. The van der Waals surface area contributed by atoms with E-state index >= 15 is 0 Å². The molecule has 0 radical (unpaired) electrons. The van der Waals surface area contributed by atoms with Gasteiger partial charge in [0, 0.05) is 32.9 Å². The number of nitrogens with two attached hydrogens (primary N) is 1. The average Bonchev–Trinajstić information content (AvgIpc) is 3.07. The van der Waals surface area contributed by atoms with Crippen LogP contribution in [0.3, 0.4) is 0 Å². The van der Waals surface area contributed by atoms with Gasteiger partial charge in [-0.1, -0.05) is 30.3 Å². The van der Waals surface area contributed by atoms with Gasteiger partial charge in [-0.3, -0.25) is 4.68 Å². The molecule has 24 heavy (non-hydrogen) atoms. The van der Waals surface area contributed by atoms with Crippen molar-refractivity contribution in [1.29, 1.82) is 0 Å². The third-order valence-electron chi connectivity index (χ3n) is 3.64. The van der Waals surface area contributed by atoms with Crippen LogP contribution in [0.25, 0.3) is 0 Å². The maximum absolute atomic E-state index is 12.8. The third kappa shape index (κ3) is 4.88. The van der Waals surface area contributed by atoms with Gasteiger partial charge < -0.3 is 10.5 Å². The number of aromatic nitrogens is 2. The summed E-state index contributed by atoms with van der Waals surface area (Å²) in [7, 11) is -2.02. The second-order valence-electron chi connectivity index (χ2n) is 5.36. The average molecular weight is 352 g/mol. The van der Waals surface area contributed by atoms with Crippen LogP contribution in [0.2, 0.25) is 0 Å². The minimum atomic E-state index is -3.61. The zero-order valence-corrected chi connectivity index (χ0v) is 14.7. The molecule has 1 aromatic carbocycles. The first-order valence-electron chi connectivity index (χ1n) is 7.83. The highest BCUT2D eigenvalue weighted by Crippen LogP contribution is 2.15. The van der Waals surface area contributed by atoms with Crippen LogP contribution in [-0.4, -0.2) is 55.9 Å². The Morgan fingerprint density at radius 2 is 2.00 bits per heavy atom. The summed E-state index contributed by atoms with van der Waals surface area (Å²) in [6.07, 6.45) is 3.54. The molecule has 8 heteroatoms. The maximum Gasteiger partial charge on any atom is 0.246 e. The first-order valence-corrected chi connectivity index (χ1v) is 9.27. The Hall–Kier alpha value is -1.74.